The monoisotopic (exact) mass is 315 g/mol. The lowest BCUT2D eigenvalue weighted by Crippen LogP contribution is -2.38. The molecule has 1 heterocycles. The number of ether oxygens (including phenoxy) is 2. The Morgan fingerprint density at radius 2 is 1.91 bits per heavy atom. The topological polar surface area (TPSA) is 76.8 Å². The van der Waals surface area contributed by atoms with Crippen LogP contribution in [0.4, 0.5) is 10.5 Å². The normalized spacial score (nSPS) is 15.5. The summed E-state index contributed by atoms with van der Waals surface area (Å²) in [7, 11) is 0. The van der Waals surface area contributed by atoms with E-state index in [0.29, 0.717) is 12.3 Å². The Kier molecular flexibility index (Phi) is 4.95. The molecule has 1 aliphatic rings. The van der Waals surface area contributed by atoms with Crippen molar-refractivity contribution in [3.05, 3.63) is 36.4 Å². The Morgan fingerprint density at radius 1 is 1.17 bits per heavy atom. The molecule has 0 aromatic heterocycles. The maximum absolute atomic E-state index is 11.1. The molecule has 6 heteroatoms. The summed E-state index contributed by atoms with van der Waals surface area (Å²) in [6, 6.07) is 10.9. The Morgan fingerprint density at radius 3 is 2.65 bits per heavy atom. The van der Waals surface area contributed by atoms with Crippen molar-refractivity contribution >= 4 is 22.5 Å². The second-order valence-corrected chi connectivity index (χ2v) is 5.45. The maximum atomic E-state index is 11.1. The molecule has 122 valence electrons. The largest absolute Gasteiger partial charge is 0.492 e. The second-order valence-electron chi connectivity index (χ2n) is 5.45. The third-order valence-electron chi connectivity index (χ3n) is 3.91. The Bertz CT molecular complexity index is 684. The molecule has 1 aliphatic heterocycles. The number of urea groups is 1. The number of carbonyl (C=O) groups is 1. The first-order chi connectivity index (χ1) is 11.2. The molecule has 3 rings (SSSR count). The molecule has 0 atom stereocenters. The van der Waals surface area contributed by atoms with Gasteiger partial charge in [-0.25, -0.2) is 4.79 Å². The third kappa shape index (κ3) is 3.91. The first-order valence-electron chi connectivity index (χ1n) is 7.75. The van der Waals surface area contributed by atoms with Crippen LogP contribution >= 0.6 is 0 Å². The van der Waals surface area contributed by atoms with Gasteiger partial charge in [-0.05, 0) is 12.1 Å². The molecule has 3 N–H and O–H groups in total. The maximum Gasteiger partial charge on any atom is 0.316 e. The molecule has 0 aliphatic carbocycles. The summed E-state index contributed by atoms with van der Waals surface area (Å²) in [6.45, 7) is 4.97. The molecular weight excluding hydrogens is 294 g/mol. The summed E-state index contributed by atoms with van der Waals surface area (Å²) in [5, 5.41) is 4.52. The first-order valence-corrected chi connectivity index (χ1v) is 7.75. The van der Waals surface area contributed by atoms with Crippen molar-refractivity contribution < 1.29 is 14.3 Å². The molecule has 23 heavy (non-hydrogen) atoms. The number of fused-ring (bicyclic) bond motifs is 1. The molecule has 0 bridgehead atoms. The molecule has 0 saturated carbocycles. The zero-order valence-electron chi connectivity index (χ0n) is 13.0. The molecule has 6 nitrogen and oxygen atoms in total. The number of hydrogen-bond acceptors (Lipinski definition) is 4. The van der Waals surface area contributed by atoms with Gasteiger partial charge >= 0.3 is 6.03 Å². The van der Waals surface area contributed by atoms with E-state index in [1.807, 2.05) is 36.4 Å². The van der Waals surface area contributed by atoms with Crippen LogP contribution in [-0.2, 0) is 4.74 Å². The minimum Gasteiger partial charge on any atom is -0.492 e. The Hall–Kier alpha value is -2.31. The van der Waals surface area contributed by atoms with Gasteiger partial charge in [0.15, 0.2) is 0 Å². The van der Waals surface area contributed by atoms with Crippen molar-refractivity contribution in [1.82, 2.24) is 4.90 Å². The van der Waals surface area contributed by atoms with Gasteiger partial charge in [0.05, 0.1) is 18.9 Å². The SMILES string of the molecule is NC(=O)Nc1ccc(OCCN2CCOCC2)c2ccccc12. The van der Waals surface area contributed by atoms with Gasteiger partial charge in [-0.3, -0.25) is 4.90 Å². The van der Waals surface area contributed by atoms with Gasteiger partial charge in [-0.15, -0.1) is 0 Å². The summed E-state index contributed by atoms with van der Waals surface area (Å²) < 4.78 is 11.3. The number of nitrogens with zero attached hydrogens (tertiary/aromatic N) is 1. The molecule has 1 fully saturated rings. The average Bonchev–Trinajstić information content (AvgIpc) is 2.57. The molecular formula is C17H21N3O3. The van der Waals surface area contributed by atoms with Crippen LogP contribution in [0.5, 0.6) is 5.75 Å². The lowest BCUT2D eigenvalue weighted by atomic mass is 10.1. The van der Waals surface area contributed by atoms with Crippen LogP contribution < -0.4 is 15.8 Å². The smallest absolute Gasteiger partial charge is 0.316 e. The molecule has 2 aromatic carbocycles. The van der Waals surface area contributed by atoms with Crippen LogP contribution in [0.2, 0.25) is 0 Å². The van der Waals surface area contributed by atoms with E-state index in [1.165, 1.54) is 0 Å². The van der Waals surface area contributed by atoms with Crippen LogP contribution in [0.1, 0.15) is 0 Å². The van der Waals surface area contributed by atoms with Gasteiger partial charge in [0.2, 0.25) is 0 Å². The molecule has 2 aromatic rings. The van der Waals surface area contributed by atoms with E-state index in [2.05, 4.69) is 10.2 Å². The van der Waals surface area contributed by atoms with Gasteiger partial charge in [-0.1, -0.05) is 24.3 Å². The van der Waals surface area contributed by atoms with Gasteiger partial charge in [0.25, 0.3) is 0 Å². The molecule has 0 radical (unpaired) electrons. The van der Waals surface area contributed by atoms with Crippen LogP contribution in [-0.4, -0.2) is 50.4 Å². The van der Waals surface area contributed by atoms with E-state index in [9.17, 15) is 4.79 Å². The van der Waals surface area contributed by atoms with Crippen molar-refractivity contribution in [3.63, 3.8) is 0 Å². The predicted octanol–water partition coefficient (Wildman–Crippen LogP) is 2.04. The van der Waals surface area contributed by atoms with E-state index < -0.39 is 6.03 Å². The van der Waals surface area contributed by atoms with Crippen molar-refractivity contribution in [2.75, 3.05) is 44.8 Å². The van der Waals surface area contributed by atoms with Crippen molar-refractivity contribution in [2.24, 2.45) is 5.73 Å². The van der Waals surface area contributed by atoms with Gasteiger partial charge in [0.1, 0.15) is 12.4 Å². The summed E-state index contributed by atoms with van der Waals surface area (Å²) in [4.78, 5) is 13.4. The summed E-state index contributed by atoms with van der Waals surface area (Å²) >= 11 is 0. The quantitative estimate of drug-likeness (QED) is 0.885. The van der Waals surface area contributed by atoms with Crippen LogP contribution in [0.3, 0.4) is 0 Å². The highest BCUT2D eigenvalue weighted by Crippen LogP contribution is 2.31. The highest BCUT2D eigenvalue weighted by Gasteiger charge is 2.11. The number of carbonyl (C=O) groups excluding carboxylic acids is 1. The van der Waals surface area contributed by atoms with Crippen LogP contribution in [0.15, 0.2) is 36.4 Å². The van der Waals surface area contributed by atoms with E-state index in [-0.39, 0.29) is 0 Å². The number of morpholine rings is 1. The lowest BCUT2D eigenvalue weighted by Gasteiger charge is -2.26. The first kappa shape index (κ1) is 15.6. The Labute approximate surface area is 135 Å². The summed E-state index contributed by atoms with van der Waals surface area (Å²) in [5.41, 5.74) is 5.91. The fourth-order valence-electron chi connectivity index (χ4n) is 2.75. The summed E-state index contributed by atoms with van der Waals surface area (Å²) in [6.07, 6.45) is 0. The van der Waals surface area contributed by atoms with E-state index in [0.717, 1.165) is 49.4 Å². The van der Waals surface area contributed by atoms with Gasteiger partial charge < -0.3 is 20.5 Å². The predicted molar refractivity (Wildman–Crippen MR) is 89.9 cm³/mol. The van der Waals surface area contributed by atoms with Crippen molar-refractivity contribution in [1.29, 1.82) is 0 Å². The second kappa shape index (κ2) is 7.30. The standard InChI is InChI=1S/C17H21N3O3/c18-17(21)19-15-5-6-16(14-4-2-1-3-13(14)15)23-12-9-20-7-10-22-11-8-20/h1-6H,7-12H2,(H3,18,19,21). The minimum absolute atomic E-state index is 0.573. The zero-order chi connectivity index (χ0) is 16.1. The van der Waals surface area contributed by atoms with Crippen LogP contribution in [0, 0.1) is 0 Å². The highest BCUT2D eigenvalue weighted by atomic mass is 16.5. The van der Waals surface area contributed by atoms with Crippen LogP contribution in [0.25, 0.3) is 10.8 Å². The Balaban J connectivity index is 1.72. The van der Waals surface area contributed by atoms with Crippen molar-refractivity contribution in [2.45, 2.75) is 0 Å². The van der Waals surface area contributed by atoms with E-state index in [1.54, 1.807) is 0 Å². The number of benzene rings is 2. The molecule has 0 unspecified atom stereocenters. The number of hydrogen-bond donors (Lipinski definition) is 2. The number of primary amides is 1. The zero-order valence-corrected chi connectivity index (χ0v) is 13.0. The average molecular weight is 315 g/mol. The fourth-order valence-corrected chi connectivity index (χ4v) is 2.75. The highest BCUT2D eigenvalue weighted by molar-refractivity contribution is 6.03. The number of nitrogens with two attached hydrogens (primary N) is 1. The third-order valence-corrected chi connectivity index (χ3v) is 3.91. The van der Waals surface area contributed by atoms with E-state index >= 15 is 0 Å². The lowest BCUT2D eigenvalue weighted by molar-refractivity contribution is 0.0323. The minimum atomic E-state index is -0.573. The molecule has 0 spiro atoms. The number of nitrogens with one attached hydrogen (secondary N) is 1. The number of anilines is 1. The fraction of sp³-hybridized carbons (Fsp3) is 0.353. The van der Waals surface area contributed by atoms with E-state index in [4.69, 9.17) is 15.2 Å². The number of rotatable bonds is 5. The number of amides is 2. The molecule has 2 amide bonds. The van der Waals surface area contributed by atoms with Crippen molar-refractivity contribution in [3.8, 4) is 5.75 Å². The van der Waals surface area contributed by atoms with Gasteiger partial charge in [-0.2, -0.15) is 0 Å². The van der Waals surface area contributed by atoms with Gasteiger partial charge in [0, 0.05) is 30.4 Å². The summed E-state index contributed by atoms with van der Waals surface area (Å²) in [5.74, 6) is 0.809. The molecule has 1 saturated heterocycles.